The van der Waals surface area contributed by atoms with Crippen molar-refractivity contribution >= 4 is 17.4 Å². The summed E-state index contributed by atoms with van der Waals surface area (Å²) in [6, 6.07) is 0.855. The first-order valence-electron chi connectivity index (χ1n) is 6.61. The summed E-state index contributed by atoms with van der Waals surface area (Å²) in [7, 11) is 0. The van der Waals surface area contributed by atoms with Crippen LogP contribution in [0.25, 0.3) is 0 Å². The van der Waals surface area contributed by atoms with Crippen molar-refractivity contribution in [1.29, 1.82) is 0 Å². The first-order chi connectivity index (χ1) is 8.63. The van der Waals surface area contributed by atoms with E-state index in [1.807, 2.05) is 0 Å². The van der Waals surface area contributed by atoms with Gasteiger partial charge in [-0.05, 0) is 38.0 Å². The van der Waals surface area contributed by atoms with E-state index >= 15 is 0 Å². The van der Waals surface area contributed by atoms with Crippen LogP contribution < -0.4 is 4.90 Å². The summed E-state index contributed by atoms with van der Waals surface area (Å²) >= 11 is 5.79. The standard InChI is InChI=1S/C13H16ClN3O/c14-11-6-16-12(7-15-11)17-9-1-8-2-10(17)5-13(18,3-8)4-9/h6-10,18H,1-5H2. The van der Waals surface area contributed by atoms with E-state index in [1.165, 1.54) is 12.8 Å². The monoisotopic (exact) mass is 265 g/mol. The molecule has 18 heavy (non-hydrogen) atoms. The van der Waals surface area contributed by atoms with E-state index in [9.17, 15) is 5.11 Å². The van der Waals surface area contributed by atoms with E-state index < -0.39 is 5.60 Å². The Morgan fingerprint density at radius 3 is 2.44 bits per heavy atom. The lowest BCUT2D eigenvalue weighted by atomic mass is 9.61. The normalized spacial score (nSPS) is 41.4. The minimum absolute atomic E-state index is 0.410. The predicted molar refractivity (Wildman–Crippen MR) is 68.6 cm³/mol. The summed E-state index contributed by atoms with van der Waals surface area (Å²) in [4.78, 5) is 10.9. The second-order valence-electron chi connectivity index (χ2n) is 6.09. The highest BCUT2D eigenvalue weighted by molar-refractivity contribution is 6.29. The molecule has 2 atom stereocenters. The van der Waals surface area contributed by atoms with Crippen LogP contribution in [-0.4, -0.2) is 32.8 Å². The van der Waals surface area contributed by atoms with Crippen molar-refractivity contribution in [3.05, 3.63) is 17.5 Å². The Hall–Kier alpha value is -0.870. The van der Waals surface area contributed by atoms with Crippen molar-refractivity contribution in [2.75, 3.05) is 4.90 Å². The third kappa shape index (κ3) is 1.55. The number of aliphatic hydroxyl groups is 1. The fraction of sp³-hybridized carbons (Fsp3) is 0.692. The molecule has 0 radical (unpaired) electrons. The molecule has 5 rings (SSSR count). The van der Waals surface area contributed by atoms with Gasteiger partial charge in [0.1, 0.15) is 11.0 Å². The fourth-order valence-corrected chi connectivity index (χ4v) is 4.50. The quantitative estimate of drug-likeness (QED) is 0.844. The highest BCUT2D eigenvalue weighted by Gasteiger charge is 2.54. The summed E-state index contributed by atoms with van der Waals surface area (Å²) in [6.45, 7) is 0. The Balaban J connectivity index is 1.69. The van der Waals surface area contributed by atoms with Gasteiger partial charge in [-0.25, -0.2) is 9.97 Å². The molecule has 3 heterocycles. The molecule has 2 saturated carbocycles. The Labute approximate surface area is 111 Å². The van der Waals surface area contributed by atoms with Gasteiger partial charge >= 0.3 is 0 Å². The van der Waals surface area contributed by atoms with Crippen LogP contribution in [-0.2, 0) is 0 Å². The van der Waals surface area contributed by atoms with E-state index in [2.05, 4.69) is 14.9 Å². The predicted octanol–water partition coefficient (Wildman–Crippen LogP) is 2.01. The molecule has 4 bridgehead atoms. The molecule has 4 fully saturated rings. The van der Waals surface area contributed by atoms with E-state index in [4.69, 9.17) is 11.6 Å². The molecule has 1 N–H and O–H groups in total. The minimum Gasteiger partial charge on any atom is -0.390 e. The lowest BCUT2D eigenvalue weighted by Crippen LogP contribution is -2.64. The molecule has 2 aliphatic heterocycles. The third-order valence-electron chi connectivity index (χ3n) is 4.77. The zero-order valence-corrected chi connectivity index (χ0v) is 10.8. The van der Waals surface area contributed by atoms with Gasteiger partial charge in [0.15, 0.2) is 0 Å². The first-order valence-corrected chi connectivity index (χ1v) is 6.99. The summed E-state index contributed by atoms with van der Waals surface area (Å²) in [5.41, 5.74) is -0.410. The second kappa shape index (κ2) is 3.58. The van der Waals surface area contributed by atoms with Crippen LogP contribution in [0.15, 0.2) is 12.4 Å². The molecule has 0 spiro atoms. The molecule has 4 aliphatic rings. The Morgan fingerprint density at radius 2 is 1.89 bits per heavy atom. The number of anilines is 1. The Morgan fingerprint density at radius 1 is 1.17 bits per heavy atom. The van der Waals surface area contributed by atoms with E-state index in [1.54, 1.807) is 12.4 Å². The van der Waals surface area contributed by atoms with Crippen LogP contribution in [0.4, 0.5) is 5.82 Å². The number of rotatable bonds is 1. The molecule has 96 valence electrons. The van der Waals surface area contributed by atoms with Crippen LogP contribution in [0.5, 0.6) is 0 Å². The van der Waals surface area contributed by atoms with Crippen molar-refractivity contribution in [2.24, 2.45) is 5.92 Å². The number of piperidine rings is 2. The Kier molecular flexibility index (Phi) is 2.19. The number of aromatic nitrogens is 2. The summed E-state index contributed by atoms with van der Waals surface area (Å²) < 4.78 is 0. The lowest BCUT2D eigenvalue weighted by molar-refractivity contribution is -0.0872. The average Bonchev–Trinajstić information content (AvgIpc) is 2.28. The maximum absolute atomic E-state index is 10.5. The summed E-state index contributed by atoms with van der Waals surface area (Å²) in [5, 5.41) is 11.0. The van der Waals surface area contributed by atoms with Crippen molar-refractivity contribution < 1.29 is 5.11 Å². The molecule has 1 aromatic rings. The molecular formula is C13H16ClN3O. The molecule has 2 unspecified atom stereocenters. The SMILES string of the molecule is OC12CC3CC(C1)N(c1cnc(Cl)cn1)C(C3)C2. The van der Waals surface area contributed by atoms with Crippen LogP contribution in [0, 0.1) is 5.92 Å². The van der Waals surface area contributed by atoms with Crippen molar-refractivity contribution in [2.45, 2.75) is 49.8 Å². The van der Waals surface area contributed by atoms with Gasteiger partial charge in [-0.15, -0.1) is 0 Å². The van der Waals surface area contributed by atoms with Crippen molar-refractivity contribution in [3.63, 3.8) is 0 Å². The molecule has 1 aromatic heterocycles. The summed E-state index contributed by atoms with van der Waals surface area (Å²) in [6.07, 6.45) is 8.49. The summed E-state index contributed by atoms with van der Waals surface area (Å²) in [5.74, 6) is 1.61. The van der Waals surface area contributed by atoms with Crippen LogP contribution in [0.1, 0.15) is 32.1 Å². The van der Waals surface area contributed by atoms with Gasteiger partial charge in [-0.1, -0.05) is 11.6 Å². The van der Waals surface area contributed by atoms with Gasteiger partial charge in [-0.3, -0.25) is 0 Å². The molecule has 5 heteroatoms. The topological polar surface area (TPSA) is 49.2 Å². The van der Waals surface area contributed by atoms with Gasteiger partial charge in [0.2, 0.25) is 0 Å². The van der Waals surface area contributed by atoms with Gasteiger partial charge in [0.25, 0.3) is 0 Å². The van der Waals surface area contributed by atoms with Crippen LogP contribution >= 0.6 is 11.6 Å². The minimum atomic E-state index is -0.410. The molecular weight excluding hydrogens is 250 g/mol. The molecule has 2 saturated heterocycles. The fourth-order valence-electron chi connectivity index (χ4n) is 4.40. The third-order valence-corrected chi connectivity index (χ3v) is 4.96. The lowest BCUT2D eigenvalue weighted by Gasteiger charge is -2.60. The van der Waals surface area contributed by atoms with E-state index in [0.29, 0.717) is 23.2 Å². The van der Waals surface area contributed by atoms with Crippen LogP contribution in [0.2, 0.25) is 5.15 Å². The molecule has 2 aliphatic carbocycles. The highest BCUT2D eigenvalue weighted by atomic mass is 35.5. The molecule has 4 nitrogen and oxygen atoms in total. The first kappa shape index (κ1) is 11.0. The largest absolute Gasteiger partial charge is 0.390 e. The second-order valence-corrected chi connectivity index (χ2v) is 6.47. The smallest absolute Gasteiger partial charge is 0.147 e. The van der Waals surface area contributed by atoms with E-state index in [-0.39, 0.29) is 0 Å². The molecule has 0 amide bonds. The Bertz CT molecular complexity index is 462. The maximum Gasteiger partial charge on any atom is 0.147 e. The van der Waals surface area contributed by atoms with Gasteiger partial charge in [-0.2, -0.15) is 0 Å². The van der Waals surface area contributed by atoms with Gasteiger partial charge in [0, 0.05) is 12.1 Å². The zero-order valence-electron chi connectivity index (χ0n) is 10.1. The highest BCUT2D eigenvalue weighted by Crippen LogP contribution is 2.52. The van der Waals surface area contributed by atoms with E-state index in [0.717, 1.165) is 25.1 Å². The zero-order chi connectivity index (χ0) is 12.3. The number of hydrogen-bond donors (Lipinski definition) is 1. The number of hydrogen-bond acceptors (Lipinski definition) is 4. The van der Waals surface area contributed by atoms with Gasteiger partial charge < -0.3 is 10.0 Å². The van der Waals surface area contributed by atoms with Crippen molar-refractivity contribution in [3.8, 4) is 0 Å². The molecule has 0 aromatic carbocycles. The number of nitrogens with zero attached hydrogens (tertiary/aromatic N) is 3. The van der Waals surface area contributed by atoms with Gasteiger partial charge in [0.05, 0.1) is 18.0 Å². The van der Waals surface area contributed by atoms with Crippen molar-refractivity contribution in [1.82, 2.24) is 9.97 Å². The number of halogens is 1. The van der Waals surface area contributed by atoms with Crippen LogP contribution in [0.3, 0.4) is 0 Å². The maximum atomic E-state index is 10.5. The average molecular weight is 266 g/mol.